The maximum Gasteiger partial charge on any atom is 0.506 e. The quantitative estimate of drug-likeness (QED) is 0.429. The summed E-state index contributed by atoms with van der Waals surface area (Å²) in [5, 5.41) is 8.12. The standard InChI is InChI=1S/C6H8O3/c7-6(8)9-5-3-1-2-4-5/h1,3,5H,2,4H2,(H,7,8). The molecule has 0 fully saturated rings. The van der Waals surface area contributed by atoms with E-state index in [1.165, 1.54) is 0 Å². The molecule has 1 atom stereocenters. The zero-order valence-electron chi connectivity index (χ0n) is 4.91. The minimum absolute atomic E-state index is 0.192. The van der Waals surface area contributed by atoms with Crippen molar-refractivity contribution in [3.63, 3.8) is 0 Å². The molecule has 9 heavy (non-hydrogen) atoms. The lowest BCUT2D eigenvalue weighted by molar-refractivity contribution is 0.0692. The van der Waals surface area contributed by atoms with Gasteiger partial charge in [-0.15, -0.1) is 0 Å². The van der Waals surface area contributed by atoms with E-state index in [2.05, 4.69) is 4.74 Å². The van der Waals surface area contributed by atoms with Crippen LogP contribution in [-0.4, -0.2) is 17.4 Å². The normalized spacial score (nSPS) is 24.2. The number of rotatable bonds is 1. The Hall–Kier alpha value is -0.990. The van der Waals surface area contributed by atoms with E-state index in [0.29, 0.717) is 0 Å². The molecule has 0 amide bonds. The second kappa shape index (κ2) is 2.53. The molecule has 0 heterocycles. The Balaban J connectivity index is 2.28. The van der Waals surface area contributed by atoms with Crippen molar-refractivity contribution >= 4 is 6.16 Å². The SMILES string of the molecule is O=C(O)OC1C=CCC1. The van der Waals surface area contributed by atoms with E-state index in [-0.39, 0.29) is 6.10 Å². The van der Waals surface area contributed by atoms with Gasteiger partial charge in [-0.05, 0) is 18.9 Å². The Morgan fingerprint density at radius 1 is 1.78 bits per heavy atom. The van der Waals surface area contributed by atoms with Crippen molar-refractivity contribution in [3.05, 3.63) is 12.2 Å². The molecule has 0 aromatic rings. The molecule has 0 bridgehead atoms. The monoisotopic (exact) mass is 128 g/mol. The average Bonchev–Trinajstić information content (AvgIpc) is 2.15. The molecule has 3 heteroatoms. The molecule has 3 nitrogen and oxygen atoms in total. The predicted octanol–water partition coefficient (Wildman–Crippen LogP) is 1.40. The van der Waals surface area contributed by atoms with Gasteiger partial charge in [0.1, 0.15) is 6.10 Å². The van der Waals surface area contributed by atoms with Gasteiger partial charge in [-0.1, -0.05) is 6.08 Å². The summed E-state index contributed by atoms with van der Waals surface area (Å²) < 4.78 is 4.44. The minimum atomic E-state index is -1.19. The molecule has 1 unspecified atom stereocenters. The Kier molecular flexibility index (Phi) is 1.72. The molecule has 0 aliphatic heterocycles. The van der Waals surface area contributed by atoms with E-state index in [9.17, 15) is 4.79 Å². The summed E-state index contributed by atoms with van der Waals surface area (Å²) >= 11 is 0. The maximum absolute atomic E-state index is 9.90. The lowest BCUT2D eigenvalue weighted by atomic mass is 10.3. The molecule has 1 rings (SSSR count). The van der Waals surface area contributed by atoms with Crippen molar-refractivity contribution in [2.75, 3.05) is 0 Å². The fourth-order valence-corrected chi connectivity index (χ4v) is 0.832. The third-order valence-electron chi connectivity index (χ3n) is 1.22. The summed E-state index contributed by atoms with van der Waals surface area (Å²) in [6.07, 6.45) is 4.04. The predicted molar refractivity (Wildman–Crippen MR) is 31.3 cm³/mol. The van der Waals surface area contributed by atoms with Gasteiger partial charge in [-0.25, -0.2) is 4.79 Å². The van der Waals surface area contributed by atoms with Gasteiger partial charge in [0.25, 0.3) is 0 Å². The van der Waals surface area contributed by atoms with Gasteiger partial charge in [0.2, 0.25) is 0 Å². The molecule has 0 aromatic carbocycles. The highest BCUT2D eigenvalue weighted by atomic mass is 16.7. The number of carbonyl (C=O) groups is 1. The fraction of sp³-hybridized carbons (Fsp3) is 0.500. The van der Waals surface area contributed by atoms with E-state index in [1.807, 2.05) is 6.08 Å². The van der Waals surface area contributed by atoms with Crippen molar-refractivity contribution < 1.29 is 14.6 Å². The van der Waals surface area contributed by atoms with E-state index >= 15 is 0 Å². The highest BCUT2D eigenvalue weighted by Crippen LogP contribution is 2.12. The minimum Gasteiger partial charge on any atom is -0.450 e. The molecule has 1 aliphatic carbocycles. The molecule has 1 N–H and O–H groups in total. The van der Waals surface area contributed by atoms with Crippen LogP contribution in [0, 0.1) is 0 Å². The van der Waals surface area contributed by atoms with Crippen molar-refractivity contribution in [2.24, 2.45) is 0 Å². The van der Waals surface area contributed by atoms with Crippen molar-refractivity contribution in [1.29, 1.82) is 0 Å². The van der Waals surface area contributed by atoms with Crippen molar-refractivity contribution in [3.8, 4) is 0 Å². The fourth-order valence-electron chi connectivity index (χ4n) is 0.832. The summed E-state index contributed by atoms with van der Waals surface area (Å²) in [4.78, 5) is 9.90. The summed E-state index contributed by atoms with van der Waals surface area (Å²) in [5.74, 6) is 0. The first-order valence-electron chi connectivity index (χ1n) is 2.85. The van der Waals surface area contributed by atoms with Gasteiger partial charge in [0.15, 0.2) is 0 Å². The Bertz CT molecular complexity index is 139. The Morgan fingerprint density at radius 2 is 2.56 bits per heavy atom. The number of hydrogen-bond acceptors (Lipinski definition) is 2. The lowest BCUT2D eigenvalue weighted by Gasteiger charge is -2.03. The molecule has 0 aromatic heterocycles. The zero-order chi connectivity index (χ0) is 6.69. The van der Waals surface area contributed by atoms with Gasteiger partial charge in [-0.2, -0.15) is 0 Å². The molecule has 1 aliphatic rings. The topological polar surface area (TPSA) is 46.5 Å². The van der Waals surface area contributed by atoms with Crippen LogP contribution in [0.3, 0.4) is 0 Å². The van der Waals surface area contributed by atoms with Crippen LogP contribution >= 0.6 is 0 Å². The van der Waals surface area contributed by atoms with E-state index in [1.54, 1.807) is 6.08 Å². The Morgan fingerprint density at radius 3 is 3.00 bits per heavy atom. The highest BCUT2D eigenvalue weighted by molar-refractivity contribution is 5.57. The van der Waals surface area contributed by atoms with Crippen LogP contribution in [-0.2, 0) is 4.74 Å². The highest BCUT2D eigenvalue weighted by Gasteiger charge is 2.12. The maximum atomic E-state index is 9.90. The van der Waals surface area contributed by atoms with Gasteiger partial charge in [0.05, 0.1) is 0 Å². The molecule has 50 valence electrons. The summed E-state index contributed by atoms with van der Waals surface area (Å²) in [6, 6.07) is 0. The molecular weight excluding hydrogens is 120 g/mol. The van der Waals surface area contributed by atoms with Gasteiger partial charge >= 0.3 is 6.16 Å². The van der Waals surface area contributed by atoms with E-state index < -0.39 is 6.16 Å². The molecule has 0 radical (unpaired) electrons. The summed E-state index contributed by atoms with van der Waals surface area (Å²) in [7, 11) is 0. The van der Waals surface area contributed by atoms with Crippen LogP contribution in [0.25, 0.3) is 0 Å². The zero-order valence-corrected chi connectivity index (χ0v) is 4.91. The van der Waals surface area contributed by atoms with Crippen LogP contribution in [0.2, 0.25) is 0 Å². The number of allylic oxidation sites excluding steroid dienone is 1. The average molecular weight is 128 g/mol. The van der Waals surface area contributed by atoms with Gasteiger partial charge < -0.3 is 9.84 Å². The second-order valence-electron chi connectivity index (χ2n) is 1.93. The van der Waals surface area contributed by atoms with E-state index in [4.69, 9.17) is 5.11 Å². The molecule has 0 saturated carbocycles. The lowest BCUT2D eigenvalue weighted by Crippen LogP contribution is -2.10. The largest absolute Gasteiger partial charge is 0.506 e. The Labute approximate surface area is 52.9 Å². The first-order valence-corrected chi connectivity index (χ1v) is 2.85. The number of ether oxygens (including phenoxy) is 1. The van der Waals surface area contributed by atoms with Crippen LogP contribution in [0.1, 0.15) is 12.8 Å². The summed E-state index contributed by atoms with van der Waals surface area (Å²) in [6.45, 7) is 0. The molecule has 0 spiro atoms. The third-order valence-corrected chi connectivity index (χ3v) is 1.22. The van der Waals surface area contributed by atoms with Crippen LogP contribution in [0.4, 0.5) is 4.79 Å². The smallest absolute Gasteiger partial charge is 0.450 e. The van der Waals surface area contributed by atoms with Crippen LogP contribution < -0.4 is 0 Å². The van der Waals surface area contributed by atoms with Crippen LogP contribution in [0.15, 0.2) is 12.2 Å². The van der Waals surface area contributed by atoms with Crippen LogP contribution in [0.5, 0.6) is 0 Å². The first kappa shape index (κ1) is 6.13. The number of hydrogen-bond donors (Lipinski definition) is 1. The third kappa shape index (κ3) is 1.76. The second-order valence-corrected chi connectivity index (χ2v) is 1.93. The summed E-state index contributed by atoms with van der Waals surface area (Å²) in [5.41, 5.74) is 0. The molecule has 0 saturated heterocycles. The van der Waals surface area contributed by atoms with Crippen molar-refractivity contribution in [1.82, 2.24) is 0 Å². The first-order chi connectivity index (χ1) is 4.29. The molecular formula is C6H8O3. The van der Waals surface area contributed by atoms with Gasteiger partial charge in [-0.3, -0.25) is 0 Å². The van der Waals surface area contributed by atoms with Crippen molar-refractivity contribution in [2.45, 2.75) is 18.9 Å². The van der Waals surface area contributed by atoms with E-state index in [0.717, 1.165) is 12.8 Å². The number of carboxylic acid groups (broad SMARTS) is 1. The van der Waals surface area contributed by atoms with Gasteiger partial charge in [0, 0.05) is 0 Å².